The van der Waals surface area contributed by atoms with Gasteiger partial charge in [0.2, 0.25) is 0 Å². The van der Waals surface area contributed by atoms with Gasteiger partial charge in [-0.15, -0.1) is 0 Å². The van der Waals surface area contributed by atoms with E-state index < -0.39 is 0 Å². The molecule has 0 saturated carbocycles. The maximum atomic E-state index is 6.61. The first-order valence-electron chi connectivity index (χ1n) is 19.0. The third-order valence-corrected chi connectivity index (χ3v) is 11.0. The molecule has 12 rings (SSSR count). The summed E-state index contributed by atoms with van der Waals surface area (Å²) < 4.78 is 15.2. The van der Waals surface area contributed by atoms with Crippen LogP contribution in [0.25, 0.3) is 117 Å². The highest BCUT2D eigenvalue weighted by Gasteiger charge is 2.20. The Morgan fingerprint density at radius 3 is 1.68 bits per heavy atom. The third-order valence-electron chi connectivity index (χ3n) is 11.0. The van der Waals surface area contributed by atoms with Gasteiger partial charge in [0.25, 0.3) is 0 Å². The maximum absolute atomic E-state index is 6.61. The second-order valence-electron chi connectivity index (χ2n) is 14.4. The second-order valence-corrected chi connectivity index (χ2v) is 14.4. The molecule has 0 N–H and O–H groups in total. The number of fused-ring (bicyclic) bond motifs is 10. The predicted octanol–water partition coefficient (Wildman–Crippen LogP) is 13.4. The molecule has 4 heterocycles. The van der Waals surface area contributed by atoms with Gasteiger partial charge in [0, 0.05) is 54.7 Å². The predicted molar refractivity (Wildman–Crippen MR) is 230 cm³/mol. The van der Waals surface area contributed by atoms with Crippen molar-refractivity contribution in [3.63, 3.8) is 0 Å². The van der Waals surface area contributed by atoms with Gasteiger partial charge in [-0.1, -0.05) is 127 Å². The van der Waals surface area contributed by atoms with Crippen molar-refractivity contribution >= 4 is 65.7 Å². The summed E-state index contributed by atoms with van der Waals surface area (Å²) in [5, 5.41) is 6.70. The molecule has 0 atom stereocenters. The van der Waals surface area contributed by atoms with Gasteiger partial charge in [-0.25, -0.2) is 15.0 Å². The molecule has 266 valence electrons. The molecular formula is C51H30N4O2. The molecule has 0 bridgehead atoms. The van der Waals surface area contributed by atoms with Crippen molar-refractivity contribution in [2.45, 2.75) is 0 Å². The van der Waals surface area contributed by atoms with Gasteiger partial charge in [-0.2, -0.15) is 0 Å². The highest BCUT2D eigenvalue weighted by atomic mass is 16.3. The van der Waals surface area contributed by atoms with Crippen molar-refractivity contribution in [2.24, 2.45) is 0 Å². The van der Waals surface area contributed by atoms with Crippen LogP contribution in [0.5, 0.6) is 0 Å². The Labute approximate surface area is 325 Å². The zero-order valence-corrected chi connectivity index (χ0v) is 30.4. The number of nitrogens with zero attached hydrogens (tertiary/aromatic N) is 4. The number of hydrogen-bond donors (Lipinski definition) is 0. The minimum atomic E-state index is 0.580. The van der Waals surface area contributed by atoms with Crippen molar-refractivity contribution in [1.82, 2.24) is 19.5 Å². The molecule has 8 aromatic carbocycles. The monoisotopic (exact) mass is 730 g/mol. The van der Waals surface area contributed by atoms with Crippen LogP contribution in [0.3, 0.4) is 0 Å². The van der Waals surface area contributed by atoms with Crippen LogP contribution in [-0.2, 0) is 0 Å². The van der Waals surface area contributed by atoms with E-state index in [0.29, 0.717) is 17.5 Å². The van der Waals surface area contributed by atoms with E-state index in [9.17, 15) is 0 Å². The Bertz CT molecular complexity index is 3540. The Morgan fingerprint density at radius 1 is 0.333 bits per heavy atom. The molecule has 0 aliphatic carbocycles. The van der Waals surface area contributed by atoms with Crippen LogP contribution < -0.4 is 0 Å². The summed E-state index contributed by atoms with van der Waals surface area (Å²) in [5.41, 5.74) is 11.4. The molecule has 0 unspecified atom stereocenters. The fraction of sp³-hybridized carbons (Fsp3) is 0. The van der Waals surface area contributed by atoms with E-state index in [1.807, 2.05) is 66.7 Å². The number of aromatic nitrogens is 4. The minimum Gasteiger partial charge on any atom is -0.456 e. The standard InChI is InChI=1S/C51H30N4O2/c1-2-12-31(13-3-1)49-52-50(54-51(53-49)35-24-25-40-38-19-5-8-22-44(38)56-46(40)30-35)34-16-10-14-32(28-34)33-15-11-17-36(29-33)55-43-21-7-4-18-37(43)41-26-27-42-39-20-6-9-23-45(39)57-48(42)47(41)55/h1-30H. The van der Waals surface area contributed by atoms with Crippen molar-refractivity contribution in [1.29, 1.82) is 0 Å². The molecule has 0 aliphatic rings. The Morgan fingerprint density at radius 2 is 0.877 bits per heavy atom. The summed E-state index contributed by atoms with van der Waals surface area (Å²) in [6, 6.07) is 62.7. The van der Waals surface area contributed by atoms with Crippen LogP contribution in [0.4, 0.5) is 0 Å². The van der Waals surface area contributed by atoms with Crippen molar-refractivity contribution in [3.05, 3.63) is 182 Å². The average Bonchev–Trinajstić information content (AvgIpc) is 3.96. The number of furan rings is 2. The van der Waals surface area contributed by atoms with Gasteiger partial charge < -0.3 is 13.4 Å². The molecule has 4 aromatic heterocycles. The summed E-state index contributed by atoms with van der Waals surface area (Å²) >= 11 is 0. The highest BCUT2D eigenvalue weighted by Crippen LogP contribution is 2.41. The Kier molecular flexibility index (Phi) is 6.83. The molecule has 0 radical (unpaired) electrons. The lowest BCUT2D eigenvalue weighted by atomic mass is 10.0. The smallest absolute Gasteiger partial charge is 0.164 e. The van der Waals surface area contributed by atoms with Crippen LogP contribution >= 0.6 is 0 Å². The first kappa shape index (κ1) is 31.5. The van der Waals surface area contributed by atoms with Crippen LogP contribution in [0.15, 0.2) is 191 Å². The maximum Gasteiger partial charge on any atom is 0.164 e. The first-order chi connectivity index (χ1) is 28.2. The first-order valence-corrected chi connectivity index (χ1v) is 19.0. The lowest BCUT2D eigenvalue weighted by Gasteiger charge is -2.12. The summed E-state index contributed by atoms with van der Waals surface area (Å²) in [6.07, 6.45) is 0. The molecule has 0 fully saturated rings. The van der Waals surface area contributed by atoms with Crippen molar-refractivity contribution in [2.75, 3.05) is 0 Å². The van der Waals surface area contributed by atoms with Gasteiger partial charge in [0.05, 0.1) is 11.0 Å². The fourth-order valence-corrected chi connectivity index (χ4v) is 8.38. The molecule has 0 spiro atoms. The summed E-state index contributed by atoms with van der Waals surface area (Å²) in [4.78, 5) is 15.1. The van der Waals surface area contributed by atoms with Crippen molar-refractivity contribution < 1.29 is 8.83 Å². The van der Waals surface area contributed by atoms with Gasteiger partial charge in [0.15, 0.2) is 23.1 Å². The largest absolute Gasteiger partial charge is 0.456 e. The van der Waals surface area contributed by atoms with Crippen LogP contribution in [0.2, 0.25) is 0 Å². The second kappa shape index (κ2) is 12.3. The summed E-state index contributed by atoms with van der Waals surface area (Å²) in [7, 11) is 0. The van der Waals surface area contributed by atoms with Gasteiger partial charge >= 0.3 is 0 Å². The van der Waals surface area contributed by atoms with E-state index in [1.54, 1.807) is 0 Å². The molecule has 0 saturated heterocycles. The van der Waals surface area contributed by atoms with Crippen LogP contribution in [0, 0.1) is 0 Å². The van der Waals surface area contributed by atoms with E-state index in [2.05, 4.69) is 120 Å². The minimum absolute atomic E-state index is 0.580. The van der Waals surface area contributed by atoms with E-state index in [-0.39, 0.29) is 0 Å². The molecule has 0 aliphatic heterocycles. The number of para-hydroxylation sites is 3. The van der Waals surface area contributed by atoms with Crippen LogP contribution in [0.1, 0.15) is 0 Å². The van der Waals surface area contributed by atoms with E-state index in [0.717, 1.165) is 93.8 Å². The van der Waals surface area contributed by atoms with Crippen LogP contribution in [-0.4, -0.2) is 19.5 Å². The number of benzene rings is 8. The van der Waals surface area contributed by atoms with Gasteiger partial charge in [0.1, 0.15) is 16.7 Å². The molecule has 57 heavy (non-hydrogen) atoms. The Balaban J connectivity index is 1.00. The van der Waals surface area contributed by atoms with Gasteiger partial charge in [-0.3, -0.25) is 0 Å². The SMILES string of the molecule is c1ccc(-c2nc(-c3cccc(-c4cccc(-n5c6ccccc6c6ccc7c8ccccc8oc7c65)c4)c3)nc(-c3ccc4c(c3)oc3ccccc34)n2)cc1. The summed E-state index contributed by atoms with van der Waals surface area (Å²) in [6.45, 7) is 0. The normalized spacial score (nSPS) is 11.9. The van der Waals surface area contributed by atoms with E-state index >= 15 is 0 Å². The molecule has 6 nitrogen and oxygen atoms in total. The zero-order chi connectivity index (χ0) is 37.5. The lowest BCUT2D eigenvalue weighted by molar-refractivity contribution is 0.669. The number of hydrogen-bond acceptors (Lipinski definition) is 5. The molecule has 0 amide bonds. The quantitative estimate of drug-likeness (QED) is 0.176. The summed E-state index contributed by atoms with van der Waals surface area (Å²) in [5.74, 6) is 1.78. The molecular weight excluding hydrogens is 701 g/mol. The highest BCUT2D eigenvalue weighted by molar-refractivity contribution is 6.21. The fourth-order valence-electron chi connectivity index (χ4n) is 8.38. The van der Waals surface area contributed by atoms with Gasteiger partial charge in [-0.05, 0) is 65.7 Å². The average molecular weight is 731 g/mol. The zero-order valence-electron chi connectivity index (χ0n) is 30.4. The molecule has 6 heteroatoms. The van der Waals surface area contributed by atoms with Crippen molar-refractivity contribution in [3.8, 4) is 51.0 Å². The lowest BCUT2D eigenvalue weighted by Crippen LogP contribution is -2.00. The molecule has 12 aromatic rings. The Hall–Kier alpha value is -7.83. The topological polar surface area (TPSA) is 69.9 Å². The van der Waals surface area contributed by atoms with E-state index in [4.69, 9.17) is 23.8 Å². The number of rotatable bonds is 5. The third kappa shape index (κ3) is 5.01. The van der Waals surface area contributed by atoms with E-state index in [1.165, 1.54) is 5.39 Å².